The third kappa shape index (κ3) is 3.26. The third-order valence-electron chi connectivity index (χ3n) is 2.30. The van der Waals surface area contributed by atoms with Crippen molar-refractivity contribution in [3.8, 4) is 6.07 Å². The molecular weight excluding hydrogens is 180 g/mol. The predicted molar refractivity (Wildman–Crippen MR) is 52.7 cm³/mol. The summed E-state index contributed by atoms with van der Waals surface area (Å²) in [6, 6.07) is 2.13. The van der Waals surface area contributed by atoms with Crippen molar-refractivity contribution in [2.24, 2.45) is 0 Å². The van der Waals surface area contributed by atoms with Crippen molar-refractivity contribution in [2.45, 2.75) is 32.0 Å². The Labute approximate surface area is 85.1 Å². The van der Waals surface area contributed by atoms with Crippen molar-refractivity contribution in [1.29, 1.82) is 5.26 Å². The quantitative estimate of drug-likeness (QED) is 0.712. The maximum absolute atomic E-state index is 9.05. The molecular formula is C10H18N2O2. The molecule has 4 heteroatoms. The zero-order chi connectivity index (χ0) is 10.6. The van der Waals surface area contributed by atoms with Crippen molar-refractivity contribution in [1.82, 2.24) is 4.90 Å². The molecule has 80 valence electrons. The number of aliphatic hydroxyl groups excluding tert-OH is 1. The molecule has 0 amide bonds. The first-order valence-corrected chi connectivity index (χ1v) is 4.95. The summed E-state index contributed by atoms with van der Waals surface area (Å²) in [5.41, 5.74) is -0.221. The fourth-order valence-corrected chi connectivity index (χ4v) is 1.89. The van der Waals surface area contributed by atoms with E-state index in [2.05, 4.69) is 11.0 Å². The predicted octanol–water partition coefficient (Wildman–Crippen LogP) is 0.372. The monoisotopic (exact) mass is 198 g/mol. The second-order valence-corrected chi connectivity index (χ2v) is 4.33. The molecule has 0 saturated carbocycles. The van der Waals surface area contributed by atoms with Crippen LogP contribution in [0.25, 0.3) is 0 Å². The maximum atomic E-state index is 9.05. The lowest BCUT2D eigenvalue weighted by Gasteiger charge is -2.42. The summed E-state index contributed by atoms with van der Waals surface area (Å²) in [5, 5.41) is 17.5. The van der Waals surface area contributed by atoms with E-state index in [0.29, 0.717) is 6.42 Å². The second-order valence-electron chi connectivity index (χ2n) is 4.33. The summed E-state index contributed by atoms with van der Waals surface area (Å²) in [4.78, 5) is 2.17. The van der Waals surface area contributed by atoms with Gasteiger partial charge in [-0.15, -0.1) is 0 Å². The van der Waals surface area contributed by atoms with Gasteiger partial charge in [-0.3, -0.25) is 4.90 Å². The first-order valence-electron chi connectivity index (χ1n) is 4.95. The molecule has 0 aromatic heterocycles. The smallest absolute Gasteiger partial charge is 0.0940 e. The minimum Gasteiger partial charge on any atom is -0.394 e. The van der Waals surface area contributed by atoms with Gasteiger partial charge in [-0.25, -0.2) is 0 Å². The van der Waals surface area contributed by atoms with E-state index in [1.165, 1.54) is 0 Å². The van der Waals surface area contributed by atoms with E-state index in [1.54, 1.807) is 0 Å². The van der Waals surface area contributed by atoms with Gasteiger partial charge in [0.1, 0.15) is 0 Å². The third-order valence-corrected chi connectivity index (χ3v) is 2.30. The minimum absolute atomic E-state index is 0.0481. The van der Waals surface area contributed by atoms with Crippen LogP contribution in [-0.2, 0) is 4.74 Å². The van der Waals surface area contributed by atoms with Crippen molar-refractivity contribution in [3.63, 3.8) is 0 Å². The largest absolute Gasteiger partial charge is 0.394 e. The molecule has 1 aliphatic rings. The Balaban J connectivity index is 2.48. The molecule has 1 fully saturated rings. The number of hydrogen-bond acceptors (Lipinski definition) is 4. The number of nitrogens with zero attached hydrogens (tertiary/aromatic N) is 2. The molecule has 14 heavy (non-hydrogen) atoms. The molecule has 0 aromatic rings. The highest BCUT2D eigenvalue weighted by Crippen LogP contribution is 2.20. The fraction of sp³-hybridized carbons (Fsp3) is 0.900. The van der Waals surface area contributed by atoms with Gasteiger partial charge in [0, 0.05) is 26.1 Å². The molecule has 1 atom stereocenters. The lowest BCUT2D eigenvalue weighted by molar-refractivity contribution is -0.148. The molecule has 1 rings (SSSR count). The van der Waals surface area contributed by atoms with Gasteiger partial charge in [-0.05, 0) is 13.8 Å². The molecule has 1 aliphatic heterocycles. The van der Waals surface area contributed by atoms with Crippen LogP contribution in [-0.4, -0.2) is 48.0 Å². The van der Waals surface area contributed by atoms with Crippen molar-refractivity contribution in [2.75, 3.05) is 26.2 Å². The summed E-state index contributed by atoms with van der Waals surface area (Å²) < 4.78 is 5.66. The molecule has 0 aliphatic carbocycles. The van der Waals surface area contributed by atoms with E-state index < -0.39 is 0 Å². The van der Waals surface area contributed by atoms with Gasteiger partial charge in [0.05, 0.1) is 24.4 Å². The summed E-state index contributed by atoms with van der Waals surface area (Å²) in [5.74, 6) is 0. The van der Waals surface area contributed by atoms with E-state index >= 15 is 0 Å². The topological polar surface area (TPSA) is 56.5 Å². The van der Waals surface area contributed by atoms with Gasteiger partial charge in [0.15, 0.2) is 0 Å². The molecule has 0 aromatic carbocycles. The van der Waals surface area contributed by atoms with Crippen LogP contribution >= 0.6 is 0 Å². The SMILES string of the molecule is CC1(C)CN(CCC#N)CC(CO)O1. The summed E-state index contributed by atoms with van der Waals surface area (Å²) in [7, 11) is 0. The number of rotatable bonds is 3. The Hall–Kier alpha value is -0.630. The van der Waals surface area contributed by atoms with Crippen LogP contribution in [0, 0.1) is 11.3 Å². The Morgan fingerprint density at radius 3 is 2.93 bits per heavy atom. The standard InChI is InChI=1S/C10H18N2O2/c1-10(2)8-12(5-3-4-11)6-9(7-13)14-10/h9,13H,3,5-8H2,1-2H3. The Morgan fingerprint density at radius 1 is 1.64 bits per heavy atom. The van der Waals surface area contributed by atoms with E-state index in [4.69, 9.17) is 15.1 Å². The van der Waals surface area contributed by atoms with Crippen LogP contribution in [0.5, 0.6) is 0 Å². The van der Waals surface area contributed by atoms with Gasteiger partial charge in [-0.2, -0.15) is 5.26 Å². The maximum Gasteiger partial charge on any atom is 0.0940 e. The lowest BCUT2D eigenvalue weighted by Crippen LogP contribution is -2.53. The molecule has 0 radical (unpaired) electrons. The highest BCUT2D eigenvalue weighted by atomic mass is 16.5. The lowest BCUT2D eigenvalue weighted by atomic mass is 10.1. The number of morpholine rings is 1. The molecule has 1 unspecified atom stereocenters. The van der Waals surface area contributed by atoms with Crippen LogP contribution in [0.4, 0.5) is 0 Å². The van der Waals surface area contributed by atoms with Gasteiger partial charge in [0.25, 0.3) is 0 Å². The fourth-order valence-electron chi connectivity index (χ4n) is 1.89. The first kappa shape index (κ1) is 11.4. The average molecular weight is 198 g/mol. The van der Waals surface area contributed by atoms with Crippen LogP contribution in [0.15, 0.2) is 0 Å². The average Bonchev–Trinajstić information content (AvgIpc) is 2.12. The summed E-state index contributed by atoms with van der Waals surface area (Å²) in [6.45, 7) is 6.38. The Kier molecular flexibility index (Phi) is 3.87. The number of nitriles is 1. The van der Waals surface area contributed by atoms with Gasteiger partial charge in [-0.1, -0.05) is 0 Å². The van der Waals surface area contributed by atoms with Gasteiger partial charge >= 0.3 is 0 Å². The van der Waals surface area contributed by atoms with E-state index in [0.717, 1.165) is 19.6 Å². The highest BCUT2D eigenvalue weighted by molar-refractivity contribution is 4.85. The Morgan fingerprint density at radius 2 is 2.36 bits per heavy atom. The highest BCUT2D eigenvalue weighted by Gasteiger charge is 2.32. The van der Waals surface area contributed by atoms with Crippen molar-refractivity contribution < 1.29 is 9.84 Å². The van der Waals surface area contributed by atoms with Crippen molar-refractivity contribution >= 4 is 0 Å². The molecule has 4 nitrogen and oxygen atoms in total. The molecule has 1 N–H and O–H groups in total. The number of hydrogen-bond donors (Lipinski definition) is 1. The van der Waals surface area contributed by atoms with Gasteiger partial charge in [0.2, 0.25) is 0 Å². The molecule has 1 heterocycles. The Bertz CT molecular complexity index is 223. The molecule has 0 bridgehead atoms. The second kappa shape index (κ2) is 4.74. The minimum atomic E-state index is -0.221. The number of aliphatic hydroxyl groups is 1. The normalized spacial score (nSPS) is 27.1. The molecule has 1 saturated heterocycles. The van der Waals surface area contributed by atoms with E-state index in [1.807, 2.05) is 13.8 Å². The zero-order valence-electron chi connectivity index (χ0n) is 8.86. The summed E-state index contributed by atoms with van der Waals surface area (Å²) in [6.07, 6.45) is 0.422. The molecule has 0 spiro atoms. The van der Waals surface area contributed by atoms with Crippen LogP contribution < -0.4 is 0 Å². The van der Waals surface area contributed by atoms with Crippen LogP contribution in [0.1, 0.15) is 20.3 Å². The van der Waals surface area contributed by atoms with Crippen LogP contribution in [0.3, 0.4) is 0 Å². The zero-order valence-corrected chi connectivity index (χ0v) is 8.86. The van der Waals surface area contributed by atoms with Gasteiger partial charge < -0.3 is 9.84 Å². The van der Waals surface area contributed by atoms with E-state index in [9.17, 15) is 0 Å². The van der Waals surface area contributed by atoms with Crippen molar-refractivity contribution in [3.05, 3.63) is 0 Å². The number of ether oxygens (including phenoxy) is 1. The summed E-state index contributed by atoms with van der Waals surface area (Å²) >= 11 is 0. The van der Waals surface area contributed by atoms with E-state index in [-0.39, 0.29) is 18.3 Å². The van der Waals surface area contributed by atoms with Crippen LogP contribution in [0.2, 0.25) is 0 Å². The first-order chi connectivity index (χ1) is 6.57.